The summed E-state index contributed by atoms with van der Waals surface area (Å²) in [6, 6.07) is 3.90. The third-order valence-electron chi connectivity index (χ3n) is 1.72. The van der Waals surface area contributed by atoms with Gasteiger partial charge in [0.2, 0.25) is 0 Å². The number of furan rings is 1. The molecule has 2 heteroatoms. The van der Waals surface area contributed by atoms with Crippen LogP contribution in [0, 0.1) is 13.8 Å². The minimum Gasteiger partial charge on any atom is -0.462 e. The molecular weight excluding hydrogens is 162 g/mol. The maximum absolute atomic E-state index is 5.24. The van der Waals surface area contributed by atoms with Crippen molar-refractivity contribution in [2.24, 2.45) is 0 Å². The van der Waals surface area contributed by atoms with E-state index in [9.17, 15) is 0 Å². The Labute approximate surface area is 78.6 Å². The summed E-state index contributed by atoms with van der Waals surface area (Å²) in [5, 5.41) is 0. The fourth-order valence-electron chi connectivity index (χ4n) is 1.29. The van der Waals surface area contributed by atoms with Gasteiger partial charge in [-0.2, -0.15) is 0 Å². The zero-order chi connectivity index (χ0) is 9.84. The Morgan fingerprint density at radius 2 is 1.92 bits per heavy atom. The first-order valence-corrected chi connectivity index (χ1v) is 4.59. The molecule has 0 aliphatic rings. The second-order valence-electron chi connectivity index (χ2n) is 2.72. The van der Waals surface area contributed by atoms with Crippen molar-refractivity contribution in [3.05, 3.63) is 29.7 Å². The van der Waals surface area contributed by atoms with Gasteiger partial charge in [0.25, 0.3) is 0 Å². The lowest BCUT2D eigenvalue weighted by Crippen LogP contribution is -1.82. The van der Waals surface area contributed by atoms with E-state index in [2.05, 4.69) is 4.98 Å². The summed E-state index contributed by atoms with van der Waals surface area (Å²) in [6.45, 7) is 8.01. The molecule has 0 unspecified atom stereocenters. The fourth-order valence-corrected chi connectivity index (χ4v) is 1.29. The van der Waals surface area contributed by atoms with Gasteiger partial charge in [0.05, 0.1) is 6.26 Å². The Hall–Kier alpha value is -1.31. The van der Waals surface area contributed by atoms with Gasteiger partial charge in [-0.25, -0.2) is 4.98 Å². The molecule has 70 valence electrons. The molecule has 0 N–H and O–H groups in total. The van der Waals surface area contributed by atoms with Gasteiger partial charge < -0.3 is 4.42 Å². The first kappa shape index (κ1) is 9.78. The highest BCUT2D eigenvalue weighted by molar-refractivity contribution is 5.75. The number of hydrogen-bond acceptors (Lipinski definition) is 2. The van der Waals surface area contributed by atoms with E-state index in [1.165, 1.54) is 0 Å². The van der Waals surface area contributed by atoms with Crippen LogP contribution in [0.2, 0.25) is 0 Å². The number of nitrogens with zero attached hydrogens (tertiary/aromatic N) is 1. The van der Waals surface area contributed by atoms with E-state index in [1.807, 2.05) is 39.8 Å². The van der Waals surface area contributed by atoms with Crippen LogP contribution in [0.1, 0.15) is 25.1 Å². The molecule has 0 spiro atoms. The molecule has 0 atom stereocenters. The lowest BCUT2D eigenvalue weighted by Gasteiger charge is -1.95. The Morgan fingerprint density at radius 1 is 1.23 bits per heavy atom. The second kappa shape index (κ2) is 4.08. The van der Waals surface area contributed by atoms with E-state index in [0.29, 0.717) is 0 Å². The number of aryl methyl sites for hydroxylation is 2. The van der Waals surface area contributed by atoms with E-state index in [1.54, 1.807) is 6.26 Å². The van der Waals surface area contributed by atoms with Crippen molar-refractivity contribution in [3.63, 3.8) is 0 Å². The molecule has 0 aromatic carbocycles. The zero-order valence-corrected chi connectivity index (χ0v) is 8.59. The highest BCUT2D eigenvalue weighted by Crippen LogP contribution is 2.17. The van der Waals surface area contributed by atoms with Crippen molar-refractivity contribution in [2.75, 3.05) is 0 Å². The van der Waals surface area contributed by atoms with Crippen LogP contribution in [0.3, 0.4) is 0 Å². The first-order chi connectivity index (χ1) is 6.27. The molecule has 0 saturated carbocycles. The number of aromatic nitrogens is 1. The smallest absolute Gasteiger partial charge is 0.155 e. The van der Waals surface area contributed by atoms with Gasteiger partial charge in [0.15, 0.2) is 5.58 Å². The van der Waals surface area contributed by atoms with Crippen molar-refractivity contribution in [2.45, 2.75) is 27.7 Å². The van der Waals surface area contributed by atoms with Crippen LogP contribution < -0.4 is 0 Å². The van der Waals surface area contributed by atoms with Gasteiger partial charge in [-0.3, -0.25) is 0 Å². The van der Waals surface area contributed by atoms with Crippen LogP contribution in [0.25, 0.3) is 11.1 Å². The van der Waals surface area contributed by atoms with Gasteiger partial charge in [0, 0.05) is 11.8 Å². The predicted molar refractivity (Wildman–Crippen MR) is 54.8 cm³/mol. The minimum atomic E-state index is 0.899. The molecule has 2 aromatic rings. The molecule has 0 aliphatic heterocycles. The molecule has 0 saturated heterocycles. The highest BCUT2D eigenvalue weighted by Gasteiger charge is 2.01. The number of fused-ring (bicyclic) bond motifs is 1. The van der Waals surface area contributed by atoms with Crippen molar-refractivity contribution in [1.29, 1.82) is 0 Å². The van der Waals surface area contributed by atoms with Crippen molar-refractivity contribution < 1.29 is 4.42 Å². The third-order valence-corrected chi connectivity index (χ3v) is 1.72. The van der Waals surface area contributed by atoms with Gasteiger partial charge in [-0.15, -0.1) is 0 Å². The van der Waals surface area contributed by atoms with Gasteiger partial charge in [-0.05, 0) is 25.5 Å². The Bertz CT molecular complexity index is 390. The van der Waals surface area contributed by atoms with E-state index < -0.39 is 0 Å². The van der Waals surface area contributed by atoms with Crippen LogP contribution in [-0.2, 0) is 0 Å². The predicted octanol–water partition coefficient (Wildman–Crippen LogP) is 3.47. The Kier molecular flexibility index (Phi) is 3.07. The standard InChI is InChI=1S/C9H9NO.C2H6/c1-6-5-7(2)10-8-3-4-11-9(6)8;1-2/h3-5H,1-2H3;1-2H3. The molecule has 13 heavy (non-hydrogen) atoms. The normalized spacial score (nSPS) is 9.54. The highest BCUT2D eigenvalue weighted by atomic mass is 16.3. The quantitative estimate of drug-likeness (QED) is 0.615. The summed E-state index contributed by atoms with van der Waals surface area (Å²) in [5.74, 6) is 0. The van der Waals surface area contributed by atoms with Crippen LogP contribution >= 0.6 is 0 Å². The van der Waals surface area contributed by atoms with Crippen molar-refractivity contribution in [3.8, 4) is 0 Å². The number of hydrogen-bond donors (Lipinski definition) is 0. The zero-order valence-electron chi connectivity index (χ0n) is 8.59. The van der Waals surface area contributed by atoms with Gasteiger partial charge >= 0.3 is 0 Å². The second-order valence-corrected chi connectivity index (χ2v) is 2.72. The largest absolute Gasteiger partial charge is 0.462 e. The molecule has 0 aliphatic carbocycles. The number of rotatable bonds is 0. The van der Waals surface area contributed by atoms with Crippen LogP contribution in [0.15, 0.2) is 22.8 Å². The lowest BCUT2D eigenvalue weighted by molar-refractivity contribution is 0.612. The fraction of sp³-hybridized carbons (Fsp3) is 0.364. The van der Waals surface area contributed by atoms with Crippen molar-refractivity contribution >= 4 is 11.1 Å². The molecular formula is C11H15NO. The van der Waals surface area contributed by atoms with Crippen LogP contribution in [0.5, 0.6) is 0 Å². The average molecular weight is 177 g/mol. The number of pyridine rings is 1. The summed E-state index contributed by atoms with van der Waals surface area (Å²) >= 11 is 0. The van der Waals surface area contributed by atoms with Crippen LogP contribution in [0.4, 0.5) is 0 Å². The maximum Gasteiger partial charge on any atom is 0.155 e. The van der Waals surface area contributed by atoms with E-state index in [-0.39, 0.29) is 0 Å². The minimum absolute atomic E-state index is 0.899. The SMILES string of the molecule is CC.Cc1cc(C)c2occc2n1. The monoisotopic (exact) mass is 177 g/mol. The Balaban J connectivity index is 0.000000396. The van der Waals surface area contributed by atoms with E-state index in [0.717, 1.165) is 22.4 Å². The molecule has 2 rings (SSSR count). The molecule has 0 radical (unpaired) electrons. The molecule has 0 bridgehead atoms. The molecule has 2 aromatic heterocycles. The van der Waals surface area contributed by atoms with Gasteiger partial charge in [-0.1, -0.05) is 13.8 Å². The molecule has 0 fully saturated rings. The van der Waals surface area contributed by atoms with Gasteiger partial charge in [0.1, 0.15) is 5.52 Å². The maximum atomic E-state index is 5.24. The third kappa shape index (κ3) is 1.89. The lowest BCUT2D eigenvalue weighted by atomic mass is 10.2. The van der Waals surface area contributed by atoms with E-state index in [4.69, 9.17) is 4.42 Å². The first-order valence-electron chi connectivity index (χ1n) is 4.59. The molecule has 2 heterocycles. The Morgan fingerprint density at radius 3 is 2.62 bits per heavy atom. The summed E-state index contributed by atoms with van der Waals surface area (Å²) in [7, 11) is 0. The molecule has 0 amide bonds. The topological polar surface area (TPSA) is 26.0 Å². The van der Waals surface area contributed by atoms with Crippen molar-refractivity contribution in [1.82, 2.24) is 4.98 Å². The molecule has 2 nitrogen and oxygen atoms in total. The summed E-state index contributed by atoms with van der Waals surface area (Å²) < 4.78 is 5.24. The average Bonchev–Trinajstić information content (AvgIpc) is 2.55. The summed E-state index contributed by atoms with van der Waals surface area (Å²) in [5.41, 5.74) is 4.03. The summed E-state index contributed by atoms with van der Waals surface area (Å²) in [4.78, 5) is 4.30. The van der Waals surface area contributed by atoms with Crippen LogP contribution in [-0.4, -0.2) is 4.98 Å². The summed E-state index contributed by atoms with van der Waals surface area (Å²) in [6.07, 6.45) is 1.67. The van der Waals surface area contributed by atoms with E-state index >= 15 is 0 Å².